The third-order valence-electron chi connectivity index (χ3n) is 2.63. The van der Waals surface area contributed by atoms with Crippen LogP contribution in [0.3, 0.4) is 0 Å². The van der Waals surface area contributed by atoms with Crippen LogP contribution < -0.4 is 10.6 Å². The average Bonchev–Trinajstić information content (AvgIpc) is 2.46. The van der Waals surface area contributed by atoms with Gasteiger partial charge in [-0.05, 0) is 26.4 Å². The zero-order valence-electron chi connectivity index (χ0n) is 9.96. The summed E-state index contributed by atoms with van der Waals surface area (Å²) in [6.07, 6.45) is 6.89. The fraction of sp³-hybridized carbons (Fsp3) is 0.750. The highest BCUT2D eigenvalue weighted by Crippen LogP contribution is 1.95. The third-order valence-corrected chi connectivity index (χ3v) is 2.63. The Morgan fingerprint density at radius 2 is 2.38 bits per heavy atom. The van der Waals surface area contributed by atoms with Gasteiger partial charge in [0.1, 0.15) is 0 Å². The van der Waals surface area contributed by atoms with Crippen molar-refractivity contribution < 1.29 is 4.79 Å². The highest BCUT2D eigenvalue weighted by atomic mass is 16.2. The van der Waals surface area contributed by atoms with E-state index >= 15 is 0 Å². The van der Waals surface area contributed by atoms with Gasteiger partial charge >= 0.3 is 0 Å². The predicted octanol–water partition coefficient (Wildman–Crippen LogP) is -0.190. The molecule has 1 amide bonds. The molecule has 0 radical (unpaired) electrons. The second-order valence-corrected chi connectivity index (χ2v) is 4.26. The molecule has 1 aliphatic rings. The zero-order valence-corrected chi connectivity index (χ0v) is 9.96. The van der Waals surface area contributed by atoms with Crippen molar-refractivity contribution in [2.24, 2.45) is 0 Å². The van der Waals surface area contributed by atoms with Crippen LogP contribution in [0.25, 0.3) is 0 Å². The van der Waals surface area contributed by atoms with Crippen LogP contribution in [0.5, 0.6) is 0 Å². The molecule has 1 fully saturated rings. The van der Waals surface area contributed by atoms with Crippen molar-refractivity contribution in [3.8, 4) is 12.3 Å². The van der Waals surface area contributed by atoms with Crippen LogP contribution in [-0.4, -0.2) is 49.6 Å². The van der Waals surface area contributed by atoms with Crippen molar-refractivity contribution in [3.63, 3.8) is 0 Å². The fourth-order valence-corrected chi connectivity index (χ4v) is 1.81. The first-order valence-corrected chi connectivity index (χ1v) is 5.88. The van der Waals surface area contributed by atoms with E-state index in [1.54, 1.807) is 0 Å². The van der Waals surface area contributed by atoms with E-state index in [1.165, 1.54) is 0 Å². The van der Waals surface area contributed by atoms with E-state index in [2.05, 4.69) is 21.5 Å². The van der Waals surface area contributed by atoms with Crippen molar-refractivity contribution in [3.05, 3.63) is 0 Å². The Morgan fingerprint density at radius 1 is 1.56 bits per heavy atom. The van der Waals surface area contributed by atoms with Gasteiger partial charge in [0.15, 0.2) is 0 Å². The Bertz CT molecular complexity index is 251. The summed E-state index contributed by atoms with van der Waals surface area (Å²) in [4.78, 5) is 13.8. The minimum absolute atomic E-state index is 0.0719. The second-order valence-electron chi connectivity index (χ2n) is 4.26. The summed E-state index contributed by atoms with van der Waals surface area (Å²) in [7, 11) is 0. The van der Waals surface area contributed by atoms with Crippen LogP contribution in [0.15, 0.2) is 0 Å². The fourth-order valence-electron chi connectivity index (χ4n) is 1.81. The lowest BCUT2D eigenvalue weighted by Gasteiger charge is -2.20. The van der Waals surface area contributed by atoms with E-state index in [4.69, 9.17) is 6.42 Å². The maximum atomic E-state index is 11.7. The summed E-state index contributed by atoms with van der Waals surface area (Å²) in [5.74, 6) is 2.62. The predicted molar refractivity (Wildman–Crippen MR) is 65.0 cm³/mol. The number of terminal acetylenes is 1. The zero-order chi connectivity index (χ0) is 11.8. The molecule has 0 aromatic heterocycles. The first kappa shape index (κ1) is 13.0. The van der Waals surface area contributed by atoms with Gasteiger partial charge in [0.25, 0.3) is 0 Å². The van der Waals surface area contributed by atoms with Crippen LogP contribution in [-0.2, 0) is 4.79 Å². The van der Waals surface area contributed by atoms with Gasteiger partial charge in [0.05, 0.1) is 6.54 Å². The summed E-state index contributed by atoms with van der Waals surface area (Å²) < 4.78 is 0. The van der Waals surface area contributed by atoms with Crippen LogP contribution in [0.4, 0.5) is 0 Å². The molecule has 2 N–H and O–H groups in total. The molecule has 1 saturated heterocycles. The molecule has 4 heteroatoms. The Balaban J connectivity index is 2.24. The maximum absolute atomic E-state index is 11.7. The molecule has 0 bridgehead atoms. The molecular formula is C12H21N3O. The van der Waals surface area contributed by atoms with Crippen molar-refractivity contribution in [2.75, 3.05) is 32.7 Å². The number of hydrogen-bond donors (Lipinski definition) is 2. The molecule has 1 unspecified atom stereocenters. The van der Waals surface area contributed by atoms with E-state index < -0.39 is 0 Å². The van der Waals surface area contributed by atoms with E-state index in [-0.39, 0.29) is 11.9 Å². The Labute approximate surface area is 97.8 Å². The van der Waals surface area contributed by atoms with Crippen molar-refractivity contribution >= 4 is 5.91 Å². The molecule has 0 spiro atoms. The molecule has 0 aromatic rings. The van der Waals surface area contributed by atoms with Gasteiger partial charge in [-0.1, -0.05) is 0 Å². The summed E-state index contributed by atoms with van der Waals surface area (Å²) in [6, 6.07) is 0.0719. The third kappa shape index (κ3) is 5.15. The lowest BCUT2D eigenvalue weighted by molar-refractivity contribution is -0.122. The van der Waals surface area contributed by atoms with Crippen molar-refractivity contribution in [2.45, 2.75) is 25.8 Å². The SMILES string of the molecule is C#CCC(C)NC(=O)CN1CCCNCC1. The molecule has 0 aliphatic carbocycles. The van der Waals surface area contributed by atoms with Crippen LogP contribution in [0, 0.1) is 12.3 Å². The molecule has 1 aliphatic heterocycles. The lowest BCUT2D eigenvalue weighted by Crippen LogP contribution is -2.42. The second kappa shape index (κ2) is 7.26. The van der Waals surface area contributed by atoms with E-state index in [0.29, 0.717) is 13.0 Å². The van der Waals surface area contributed by atoms with Gasteiger partial charge in [-0.15, -0.1) is 12.3 Å². The largest absolute Gasteiger partial charge is 0.352 e. The number of nitrogens with zero attached hydrogens (tertiary/aromatic N) is 1. The molecule has 0 aromatic carbocycles. The molecule has 90 valence electrons. The summed E-state index contributed by atoms with van der Waals surface area (Å²) in [5.41, 5.74) is 0. The van der Waals surface area contributed by atoms with Crippen molar-refractivity contribution in [1.29, 1.82) is 0 Å². The van der Waals surface area contributed by atoms with Gasteiger partial charge in [-0.2, -0.15) is 0 Å². The molecular weight excluding hydrogens is 202 g/mol. The molecule has 1 rings (SSSR count). The number of hydrogen-bond acceptors (Lipinski definition) is 3. The monoisotopic (exact) mass is 223 g/mol. The van der Waals surface area contributed by atoms with Gasteiger partial charge in [-0.25, -0.2) is 0 Å². The van der Waals surface area contributed by atoms with Crippen LogP contribution >= 0.6 is 0 Å². The molecule has 4 nitrogen and oxygen atoms in total. The quantitative estimate of drug-likeness (QED) is 0.649. The lowest BCUT2D eigenvalue weighted by atomic mass is 10.2. The van der Waals surface area contributed by atoms with Crippen molar-refractivity contribution in [1.82, 2.24) is 15.5 Å². The normalized spacial score (nSPS) is 19.5. The number of carbonyl (C=O) groups is 1. The van der Waals surface area contributed by atoms with Gasteiger partial charge in [0, 0.05) is 25.6 Å². The summed E-state index contributed by atoms with van der Waals surface area (Å²) in [6.45, 7) is 6.36. The Kier molecular flexibility index (Phi) is 5.91. The standard InChI is InChI=1S/C12H21N3O/c1-3-5-11(2)14-12(16)10-15-8-4-6-13-7-9-15/h1,11,13H,4-10H2,2H3,(H,14,16). The topological polar surface area (TPSA) is 44.4 Å². The number of nitrogens with one attached hydrogen (secondary N) is 2. The Morgan fingerprint density at radius 3 is 3.12 bits per heavy atom. The summed E-state index contributed by atoms with van der Waals surface area (Å²) >= 11 is 0. The van der Waals surface area contributed by atoms with E-state index in [9.17, 15) is 4.79 Å². The molecule has 1 atom stereocenters. The van der Waals surface area contributed by atoms with E-state index in [1.807, 2.05) is 6.92 Å². The van der Waals surface area contributed by atoms with Crippen LogP contribution in [0.2, 0.25) is 0 Å². The number of carbonyl (C=O) groups excluding carboxylic acids is 1. The number of amides is 1. The number of rotatable bonds is 4. The first-order chi connectivity index (χ1) is 7.72. The molecule has 1 heterocycles. The average molecular weight is 223 g/mol. The first-order valence-electron chi connectivity index (χ1n) is 5.88. The molecule has 16 heavy (non-hydrogen) atoms. The van der Waals surface area contributed by atoms with Gasteiger partial charge < -0.3 is 10.6 Å². The molecule has 0 saturated carbocycles. The smallest absolute Gasteiger partial charge is 0.234 e. The van der Waals surface area contributed by atoms with Gasteiger partial charge in [-0.3, -0.25) is 9.69 Å². The van der Waals surface area contributed by atoms with Gasteiger partial charge in [0.2, 0.25) is 5.91 Å². The minimum Gasteiger partial charge on any atom is -0.352 e. The van der Waals surface area contributed by atoms with Crippen LogP contribution in [0.1, 0.15) is 19.8 Å². The Hall–Kier alpha value is -1.05. The highest BCUT2D eigenvalue weighted by Gasteiger charge is 2.13. The highest BCUT2D eigenvalue weighted by molar-refractivity contribution is 5.78. The minimum atomic E-state index is 0.0719. The maximum Gasteiger partial charge on any atom is 0.234 e. The summed E-state index contributed by atoms with van der Waals surface area (Å²) in [5, 5.41) is 6.22. The van der Waals surface area contributed by atoms with E-state index in [0.717, 1.165) is 32.6 Å².